The average Bonchev–Trinajstić information content (AvgIpc) is 3.38. The molecule has 2 N–H and O–H groups in total. The largest absolute Gasteiger partial charge is 0.492 e. The molecule has 38 heavy (non-hydrogen) atoms. The minimum Gasteiger partial charge on any atom is -0.492 e. The topological polar surface area (TPSA) is 87.6 Å². The first-order valence-electron chi connectivity index (χ1n) is 12.5. The van der Waals surface area contributed by atoms with Crippen LogP contribution in [-0.4, -0.2) is 52.3 Å². The summed E-state index contributed by atoms with van der Waals surface area (Å²) in [4.78, 5) is 22.3. The Labute approximate surface area is 216 Å². The SMILES string of the molecule is Cc1nc(NC(C)c2cccc(C(F)F)c2F)c2cc(C3(O)CCN(C(=O)CF)CC3)c3c(c2n1)CCO3. The Kier molecular flexibility index (Phi) is 6.89. The van der Waals surface area contributed by atoms with Crippen molar-refractivity contribution in [2.75, 3.05) is 31.7 Å². The van der Waals surface area contributed by atoms with Crippen molar-refractivity contribution in [1.82, 2.24) is 14.9 Å². The van der Waals surface area contributed by atoms with Gasteiger partial charge in [-0.3, -0.25) is 4.79 Å². The zero-order chi connectivity index (χ0) is 27.2. The van der Waals surface area contributed by atoms with Gasteiger partial charge in [0.25, 0.3) is 12.3 Å². The first-order valence-corrected chi connectivity index (χ1v) is 12.5. The summed E-state index contributed by atoms with van der Waals surface area (Å²) in [7, 11) is 0. The fourth-order valence-electron chi connectivity index (χ4n) is 5.37. The number of hydrogen-bond donors (Lipinski definition) is 2. The number of amides is 1. The van der Waals surface area contributed by atoms with E-state index in [0.29, 0.717) is 46.9 Å². The molecular weight excluding hydrogens is 504 g/mol. The van der Waals surface area contributed by atoms with Crippen molar-refractivity contribution in [2.45, 2.75) is 51.2 Å². The van der Waals surface area contributed by atoms with Crippen molar-refractivity contribution >= 4 is 22.6 Å². The number of aryl methyl sites for hydroxylation is 1. The number of ether oxygens (including phenoxy) is 1. The number of fused-ring (bicyclic) bond motifs is 3. The van der Waals surface area contributed by atoms with Crippen LogP contribution in [0.2, 0.25) is 0 Å². The summed E-state index contributed by atoms with van der Waals surface area (Å²) in [5.41, 5.74) is 0.0247. The number of hydrogen-bond acceptors (Lipinski definition) is 6. The quantitative estimate of drug-likeness (QED) is 0.439. The van der Waals surface area contributed by atoms with E-state index in [0.717, 1.165) is 11.6 Å². The van der Waals surface area contributed by atoms with Gasteiger partial charge in [-0.25, -0.2) is 27.5 Å². The number of alkyl halides is 3. The summed E-state index contributed by atoms with van der Waals surface area (Å²) >= 11 is 0. The Morgan fingerprint density at radius 3 is 2.63 bits per heavy atom. The number of halogens is 4. The number of aromatic nitrogens is 2. The van der Waals surface area contributed by atoms with Gasteiger partial charge >= 0.3 is 0 Å². The third-order valence-corrected chi connectivity index (χ3v) is 7.42. The summed E-state index contributed by atoms with van der Waals surface area (Å²) in [6.07, 6.45) is -2.00. The summed E-state index contributed by atoms with van der Waals surface area (Å²) in [5, 5.41) is 15.4. The number of piperidine rings is 1. The molecule has 3 heterocycles. The lowest BCUT2D eigenvalue weighted by atomic mass is 9.82. The molecule has 2 aliphatic rings. The van der Waals surface area contributed by atoms with Crippen LogP contribution >= 0.6 is 0 Å². The molecule has 2 aliphatic heterocycles. The van der Waals surface area contributed by atoms with Crippen LogP contribution in [0.25, 0.3) is 10.9 Å². The van der Waals surface area contributed by atoms with Crippen molar-refractivity contribution in [3.8, 4) is 5.75 Å². The van der Waals surface area contributed by atoms with Gasteiger partial charge in [-0.1, -0.05) is 18.2 Å². The standard InChI is InChI=1S/C27H28F4N4O3/c1-14(16-4-3-5-17(22(16)29)25(30)31)32-26-19-12-20(27(37)7-9-35(10-8-27)21(36)13-28)24-18(6-11-38-24)23(19)33-15(2)34-26/h3-5,12,14,25,37H,6-11,13H2,1-2H3,(H,32,33,34). The maximum atomic E-state index is 14.9. The van der Waals surface area contributed by atoms with E-state index in [1.165, 1.54) is 17.0 Å². The lowest BCUT2D eigenvalue weighted by molar-refractivity contribution is -0.136. The summed E-state index contributed by atoms with van der Waals surface area (Å²) in [5.74, 6) is -0.229. The molecule has 1 amide bonds. The third kappa shape index (κ3) is 4.53. The van der Waals surface area contributed by atoms with Gasteiger partial charge in [-0.05, 0) is 32.8 Å². The van der Waals surface area contributed by atoms with Crippen molar-refractivity contribution in [3.05, 3.63) is 58.2 Å². The minimum absolute atomic E-state index is 0.0699. The van der Waals surface area contributed by atoms with Crippen molar-refractivity contribution < 1.29 is 32.2 Å². The molecular formula is C27H28F4N4O3. The van der Waals surface area contributed by atoms with Gasteiger partial charge in [0.15, 0.2) is 6.67 Å². The van der Waals surface area contributed by atoms with Crippen LogP contribution in [0.15, 0.2) is 24.3 Å². The van der Waals surface area contributed by atoms with Gasteiger partial charge in [-0.2, -0.15) is 0 Å². The van der Waals surface area contributed by atoms with Crippen LogP contribution in [0.5, 0.6) is 5.75 Å². The number of benzene rings is 2. The summed E-state index contributed by atoms with van der Waals surface area (Å²) in [6, 6.07) is 4.92. The fraction of sp³-hybridized carbons (Fsp3) is 0.444. The lowest BCUT2D eigenvalue weighted by Crippen LogP contribution is -2.45. The lowest BCUT2D eigenvalue weighted by Gasteiger charge is -2.39. The second-order valence-electron chi connectivity index (χ2n) is 9.81. The Morgan fingerprint density at radius 1 is 1.24 bits per heavy atom. The first-order chi connectivity index (χ1) is 18.1. The molecule has 0 spiro atoms. The van der Waals surface area contributed by atoms with Crippen LogP contribution in [-0.2, 0) is 16.8 Å². The molecule has 3 aromatic rings. The number of nitrogens with one attached hydrogen (secondary N) is 1. The Bertz CT molecular complexity index is 1390. The van der Waals surface area contributed by atoms with Gasteiger partial charge in [-0.15, -0.1) is 0 Å². The second-order valence-corrected chi connectivity index (χ2v) is 9.81. The van der Waals surface area contributed by atoms with Gasteiger partial charge < -0.3 is 20.1 Å². The van der Waals surface area contributed by atoms with E-state index in [-0.39, 0.29) is 31.5 Å². The van der Waals surface area contributed by atoms with Gasteiger partial charge in [0, 0.05) is 41.6 Å². The molecule has 1 fully saturated rings. The van der Waals surface area contributed by atoms with Crippen molar-refractivity contribution in [3.63, 3.8) is 0 Å². The average molecular weight is 533 g/mol. The van der Waals surface area contributed by atoms with E-state index in [1.54, 1.807) is 19.9 Å². The van der Waals surface area contributed by atoms with Crippen LogP contribution in [0.3, 0.4) is 0 Å². The zero-order valence-corrected chi connectivity index (χ0v) is 21.0. The molecule has 0 saturated carbocycles. The van der Waals surface area contributed by atoms with Crippen LogP contribution in [0.1, 0.15) is 60.3 Å². The zero-order valence-electron chi connectivity index (χ0n) is 21.0. The molecule has 1 saturated heterocycles. The smallest absolute Gasteiger partial charge is 0.266 e. The number of rotatable bonds is 6. The maximum Gasteiger partial charge on any atom is 0.266 e. The summed E-state index contributed by atoms with van der Waals surface area (Å²) < 4.78 is 60.2. The van der Waals surface area contributed by atoms with E-state index in [9.17, 15) is 27.5 Å². The molecule has 5 rings (SSSR count). The van der Waals surface area contributed by atoms with Crippen LogP contribution < -0.4 is 10.1 Å². The van der Waals surface area contributed by atoms with Crippen molar-refractivity contribution in [2.24, 2.45) is 0 Å². The van der Waals surface area contributed by atoms with Gasteiger partial charge in [0.05, 0.1) is 29.3 Å². The summed E-state index contributed by atoms with van der Waals surface area (Å²) in [6.45, 7) is 3.07. The normalized spacial score (nSPS) is 17.4. The van der Waals surface area contributed by atoms with Crippen LogP contribution in [0, 0.1) is 12.7 Å². The highest BCUT2D eigenvalue weighted by molar-refractivity contribution is 5.94. The van der Waals surface area contributed by atoms with Gasteiger partial charge in [0.1, 0.15) is 23.2 Å². The van der Waals surface area contributed by atoms with E-state index < -0.39 is 42.0 Å². The molecule has 1 atom stereocenters. The third-order valence-electron chi connectivity index (χ3n) is 7.42. The van der Waals surface area contributed by atoms with E-state index in [2.05, 4.69) is 15.3 Å². The van der Waals surface area contributed by atoms with E-state index >= 15 is 0 Å². The Morgan fingerprint density at radius 2 is 1.95 bits per heavy atom. The minimum atomic E-state index is -2.94. The highest BCUT2D eigenvalue weighted by atomic mass is 19.3. The Hall–Kier alpha value is -3.47. The molecule has 202 valence electrons. The highest BCUT2D eigenvalue weighted by Gasteiger charge is 2.40. The molecule has 1 aromatic heterocycles. The Balaban J connectivity index is 1.57. The fourth-order valence-corrected chi connectivity index (χ4v) is 5.37. The monoisotopic (exact) mass is 532 g/mol. The predicted octanol–water partition coefficient (Wildman–Crippen LogP) is 4.90. The molecule has 0 bridgehead atoms. The number of likely N-dealkylation sites (tertiary alicyclic amines) is 1. The number of aliphatic hydroxyl groups is 1. The molecule has 0 radical (unpaired) electrons. The predicted molar refractivity (Wildman–Crippen MR) is 133 cm³/mol. The number of carbonyl (C=O) groups excluding carboxylic acids is 1. The van der Waals surface area contributed by atoms with E-state index in [4.69, 9.17) is 4.74 Å². The number of anilines is 1. The second kappa shape index (κ2) is 10.0. The van der Waals surface area contributed by atoms with E-state index in [1.807, 2.05) is 0 Å². The molecule has 11 heteroatoms. The van der Waals surface area contributed by atoms with Gasteiger partial charge in [0.2, 0.25) is 0 Å². The maximum absolute atomic E-state index is 14.9. The first kappa shape index (κ1) is 26.1. The van der Waals surface area contributed by atoms with Crippen molar-refractivity contribution in [1.29, 1.82) is 0 Å². The molecule has 1 unspecified atom stereocenters. The molecule has 7 nitrogen and oxygen atoms in total. The number of nitrogens with zero attached hydrogens (tertiary/aromatic N) is 3. The molecule has 2 aromatic carbocycles. The highest BCUT2D eigenvalue weighted by Crippen LogP contribution is 2.46. The molecule has 0 aliphatic carbocycles. The van der Waals surface area contributed by atoms with Crippen LogP contribution in [0.4, 0.5) is 23.4 Å². The number of carbonyl (C=O) groups is 1.